The Hall–Kier alpha value is -1.15. The molecular weight excluding hydrogens is 320 g/mol. The minimum Gasteiger partial charge on any atom is -0.369 e. The first-order valence-electron chi connectivity index (χ1n) is 8.08. The fraction of sp³-hybridized carbons (Fsp3) is 0.867. The van der Waals surface area contributed by atoms with E-state index in [-0.39, 0.29) is 42.3 Å². The van der Waals surface area contributed by atoms with Gasteiger partial charge >= 0.3 is 0 Å². The Morgan fingerprint density at radius 1 is 1.26 bits per heavy atom. The first-order chi connectivity index (χ1) is 10.7. The summed E-state index contributed by atoms with van der Waals surface area (Å²) in [5, 5.41) is 5.33. The van der Waals surface area contributed by atoms with Crippen molar-refractivity contribution in [3.63, 3.8) is 0 Å². The quantitative estimate of drug-likeness (QED) is 0.622. The molecule has 1 fully saturated rings. The third-order valence-electron chi connectivity index (χ3n) is 3.68. The molecule has 0 radical (unpaired) electrons. The number of hydrogen-bond donors (Lipinski definition) is 2. The first-order valence-corrected chi connectivity index (χ1v) is 9.91. The lowest BCUT2D eigenvalue weighted by atomic mass is 10.1. The molecule has 2 N–H and O–H groups in total. The van der Waals surface area contributed by atoms with Crippen molar-refractivity contribution in [2.45, 2.75) is 52.2 Å². The summed E-state index contributed by atoms with van der Waals surface area (Å²) in [6, 6.07) is -0.304. The normalized spacial score (nSPS) is 21.1. The summed E-state index contributed by atoms with van der Waals surface area (Å²) in [7, 11) is -3.00. The Morgan fingerprint density at radius 2 is 1.96 bits per heavy atom. The van der Waals surface area contributed by atoms with E-state index in [9.17, 15) is 18.0 Å². The van der Waals surface area contributed by atoms with Crippen LogP contribution in [0.1, 0.15) is 40.0 Å². The Morgan fingerprint density at radius 3 is 2.52 bits per heavy atom. The lowest BCUT2D eigenvalue weighted by Gasteiger charge is -2.15. The molecule has 0 aliphatic carbocycles. The van der Waals surface area contributed by atoms with Crippen molar-refractivity contribution >= 4 is 21.7 Å². The van der Waals surface area contributed by atoms with E-state index in [0.717, 1.165) is 6.42 Å². The Bertz CT molecular complexity index is 504. The van der Waals surface area contributed by atoms with Gasteiger partial charge in [-0.2, -0.15) is 0 Å². The molecule has 0 bridgehead atoms. The highest BCUT2D eigenvalue weighted by molar-refractivity contribution is 7.91. The molecule has 0 aromatic carbocycles. The molecule has 1 heterocycles. The van der Waals surface area contributed by atoms with E-state index < -0.39 is 15.9 Å². The molecule has 7 nitrogen and oxygen atoms in total. The maximum atomic E-state index is 11.8. The van der Waals surface area contributed by atoms with Gasteiger partial charge in [0.15, 0.2) is 9.84 Å². The fourth-order valence-corrected chi connectivity index (χ4v) is 3.88. The smallest absolute Gasteiger partial charge is 0.248 e. The van der Waals surface area contributed by atoms with Crippen LogP contribution in [0.4, 0.5) is 0 Å². The average molecular weight is 348 g/mol. The number of nitrogens with one attached hydrogen (secondary N) is 2. The van der Waals surface area contributed by atoms with Gasteiger partial charge in [0.1, 0.15) is 6.10 Å². The van der Waals surface area contributed by atoms with Crippen LogP contribution in [0.25, 0.3) is 0 Å². The predicted molar refractivity (Wildman–Crippen MR) is 87.7 cm³/mol. The zero-order valence-electron chi connectivity index (χ0n) is 14.1. The average Bonchev–Trinajstić information content (AvgIpc) is 2.77. The van der Waals surface area contributed by atoms with Crippen LogP contribution in [0, 0.1) is 5.92 Å². The van der Waals surface area contributed by atoms with Gasteiger partial charge in [-0.05, 0) is 25.7 Å². The summed E-state index contributed by atoms with van der Waals surface area (Å²) in [6.45, 7) is 6.59. The maximum absolute atomic E-state index is 11.8. The van der Waals surface area contributed by atoms with E-state index in [1.165, 1.54) is 0 Å². The minimum atomic E-state index is -3.00. The largest absolute Gasteiger partial charge is 0.369 e. The topological polar surface area (TPSA) is 102 Å². The molecule has 2 atom stereocenters. The van der Waals surface area contributed by atoms with Gasteiger partial charge < -0.3 is 15.4 Å². The molecule has 0 aromatic rings. The van der Waals surface area contributed by atoms with Crippen LogP contribution in [-0.4, -0.2) is 57.0 Å². The van der Waals surface area contributed by atoms with E-state index >= 15 is 0 Å². The third kappa shape index (κ3) is 8.31. The van der Waals surface area contributed by atoms with Crippen LogP contribution in [0.5, 0.6) is 0 Å². The standard InChI is InChI=1S/C15H28N2O5S/c1-11(2)5-8-22-12(3)15(19)16-7-4-14(18)17-13-6-9-23(20,21)10-13/h11-13H,4-10H2,1-3H3,(H,16,19)(H,17,18). The Kier molecular flexibility index (Phi) is 7.98. The first kappa shape index (κ1) is 19.9. The van der Waals surface area contributed by atoms with Crippen LogP contribution >= 0.6 is 0 Å². The zero-order chi connectivity index (χ0) is 17.5. The van der Waals surface area contributed by atoms with E-state index in [4.69, 9.17) is 4.74 Å². The van der Waals surface area contributed by atoms with E-state index in [0.29, 0.717) is 18.9 Å². The van der Waals surface area contributed by atoms with Crippen molar-refractivity contribution in [2.75, 3.05) is 24.7 Å². The highest BCUT2D eigenvalue weighted by Crippen LogP contribution is 2.11. The second-order valence-electron chi connectivity index (χ2n) is 6.40. The summed E-state index contributed by atoms with van der Waals surface area (Å²) in [6.07, 6.45) is 0.934. The van der Waals surface area contributed by atoms with Crippen molar-refractivity contribution in [1.29, 1.82) is 0 Å². The van der Waals surface area contributed by atoms with Crippen LogP contribution < -0.4 is 10.6 Å². The summed E-state index contributed by atoms with van der Waals surface area (Å²) < 4.78 is 28.0. The predicted octanol–water partition coefficient (Wildman–Crippen LogP) is 0.247. The van der Waals surface area contributed by atoms with Crippen molar-refractivity contribution in [1.82, 2.24) is 10.6 Å². The highest BCUT2D eigenvalue weighted by atomic mass is 32.2. The van der Waals surface area contributed by atoms with Crippen LogP contribution in [0.15, 0.2) is 0 Å². The molecule has 134 valence electrons. The van der Waals surface area contributed by atoms with Crippen molar-refractivity contribution in [3.05, 3.63) is 0 Å². The van der Waals surface area contributed by atoms with Gasteiger partial charge in [0.05, 0.1) is 11.5 Å². The number of amides is 2. The second-order valence-corrected chi connectivity index (χ2v) is 8.63. The highest BCUT2D eigenvalue weighted by Gasteiger charge is 2.28. The lowest BCUT2D eigenvalue weighted by Crippen LogP contribution is -2.40. The number of sulfone groups is 1. The van der Waals surface area contributed by atoms with Crippen LogP contribution in [0.2, 0.25) is 0 Å². The minimum absolute atomic E-state index is 0.00578. The SMILES string of the molecule is CC(C)CCOC(C)C(=O)NCCC(=O)NC1CCS(=O)(=O)C1. The molecule has 0 saturated carbocycles. The molecule has 1 aliphatic rings. The molecular formula is C15H28N2O5S. The monoisotopic (exact) mass is 348 g/mol. The zero-order valence-corrected chi connectivity index (χ0v) is 14.9. The summed E-state index contributed by atoms with van der Waals surface area (Å²) in [4.78, 5) is 23.5. The van der Waals surface area contributed by atoms with Gasteiger partial charge in [0.25, 0.3) is 0 Å². The van der Waals surface area contributed by atoms with E-state index in [1.54, 1.807) is 6.92 Å². The number of carbonyl (C=O) groups is 2. The lowest BCUT2D eigenvalue weighted by molar-refractivity contribution is -0.132. The molecule has 8 heteroatoms. The second kappa shape index (κ2) is 9.22. The Labute approximate surface area is 138 Å². The molecule has 2 unspecified atom stereocenters. The van der Waals surface area contributed by atoms with Gasteiger partial charge in [0, 0.05) is 25.6 Å². The summed E-state index contributed by atoms with van der Waals surface area (Å²) >= 11 is 0. The number of ether oxygens (including phenoxy) is 1. The Balaban J connectivity index is 2.15. The molecule has 1 aliphatic heterocycles. The molecule has 1 rings (SSSR count). The summed E-state index contributed by atoms with van der Waals surface area (Å²) in [5.41, 5.74) is 0. The van der Waals surface area contributed by atoms with E-state index in [2.05, 4.69) is 24.5 Å². The molecule has 23 heavy (non-hydrogen) atoms. The van der Waals surface area contributed by atoms with Crippen molar-refractivity contribution < 1.29 is 22.7 Å². The van der Waals surface area contributed by atoms with Gasteiger partial charge in [-0.3, -0.25) is 9.59 Å². The molecule has 0 aromatic heterocycles. The van der Waals surface area contributed by atoms with Crippen molar-refractivity contribution in [3.8, 4) is 0 Å². The third-order valence-corrected chi connectivity index (χ3v) is 5.45. The maximum Gasteiger partial charge on any atom is 0.248 e. The van der Waals surface area contributed by atoms with Crippen molar-refractivity contribution in [2.24, 2.45) is 5.92 Å². The molecule has 2 amide bonds. The summed E-state index contributed by atoms with van der Waals surface area (Å²) in [5.74, 6) is 0.158. The van der Waals surface area contributed by atoms with Crippen LogP contribution in [0.3, 0.4) is 0 Å². The number of hydrogen-bond acceptors (Lipinski definition) is 5. The number of carbonyl (C=O) groups excluding carboxylic acids is 2. The number of rotatable bonds is 9. The van der Waals surface area contributed by atoms with Crippen LogP contribution in [-0.2, 0) is 24.2 Å². The van der Waals surface area contributed by atoms with Gasteiger partial charge in [-0.1, -0.05) is 13.8 Å². The molecule has 1 saturated heterocycles. The van der Waals surface area contributed by atoms with Gasteiger partial charge in [-0.25, -0.2) is 8.42 Å². The van der Waals surface area contributed by atoms with Gasteiger partial charge in [0.2, 0.25) is 11.8 Å². The van der Waals surface area contributed by atoms with Gasteiger partial charge in [-0.15, -0.1) is 0 Å². The van der Waals surface area contributed by atoms with E-state index in [1.807, 2.05) is 0 Å². The fourth-order valence-electron chi connectivity index (χ4n) is 2.21. The molecule has 0 spiro atoms.